The number of ether oxygens (including phenoxy) is 3. The lowest BCUT2D eigenvalue weighted by Crippen LogP contribution is -2.15. The van der Waals surface area contributed by atoms with Gasteiger partial charge < -0.3 is 19.9 Å². The Balaban J connectivity index is 1.57. The largest absolute Gasteiger partial charge is 0.493 e. The van der Waals surface area contributed by atoms with Crippen LogP contribution in [0.5, 0.6) is 17.2 Å². The van der Waals surface area contributed by atoms with Crippen LogP contribution >= 0.6 is 0 Å². The van der Waals surface area contributed by atoms with Gasteiger partial charge in [-0.05, 0) is 42.0 Å². The fourth-order valence-electron chi connectivity index (χ4n) is 2.09. The van der Waals surface area contributed by atoms with E-state index >= 15 is 0 Å². The lowest BCUT2D eigenvalue weighted by atomic mass is 10.1. The summed E-state index contributed by atoms with van der Waals surface area (Å²) >= 11 is 0. The first-order chi connectivity index (χ1) is 9.81. The Labute approximate surface area is 118 Å². The second-order valence-electron chi connectivity index (χ2n) is 4.65. The Hall–Kier alpha value is -2.36. The molecule has 0 amide bonds. The van der Waals surface area contributed by atoms with Gasteiger partial charge in [-0.25, -0.2) is 0 Å². The van der Waals surface area contributed by atoms with Crippen LogP contribution in [0.15, 0.2) is 42.5 Å². The molecule has 1 heterocycles. The third kappa shape index (κ3) is 2.96. The van der Waals surface area contributed by atoms with E-state index in [9.17, 15) is 0 Å². The molecule has 4 heteroatoms. The number of rotatable bonds is 4. The number of hydrogen-bond acceptors (Lipinski definition) is 4. The molecule has 0 spiro atoms. The summed E-state index contributed by atoms with van der Waals surface area (Å²) in [5.74, 6) is 2.47. The highest BCUT2D eigenvalue weighted by atomic mass is 16.6. The molecule has 0 bridgehead atoms. The maximum absolute atomic E-state index is 5.68. The second-order valence-corrected chi connectivity index (χ2v) is 4.65. The van der Waals surface area contributed by atoms with Crippen LogP contribution in [0.4, 0.5) is 5.69 Å². The van der Waals surface area contributed by atoms with Gasteiger partial charge in [-0.3, -0.25) is 0 Å². The molecule has 104 valence electrons. The second kappa shape index (κ2) is 5.74. The van der Waals surface area contributed by atoms with E-state index in [1.54, 1.807) is 0 Å². The average Bonchev–Trinajstić information content (AvgIpc) is 2.49. The van der Waals surface area contributed by atoms with Gasteiger partial charge in [0.15, 0.2) is 11.5 Å². The molecule has 2 aromatic carbocycles. The molecular formula is C16H17NO3. The van der Waals surface area contributed by atoms with Crippen molar-refractivity contribution in [1.29, 1.82) is 0 Å². The Morgan fingerprint density at radius 1 is 0.950 bits per heavy atom. The quantitative estimate of drug-likeness (QED) is 0.869. The molecule has 3 rings (SSSR count). The van der Waals surface area contributed by atoms with Crippen molar-refractivity contribution in [1.82, 2.24) is 0 Å². The molecule has 0 unspecified atom stereocenters. The minimum Gasteiger partial charge on any atom is -0.493 e. The van der Waals surface area contributed by atoms with E-state index in [-0.39, 0.29) is 0 Å². The van der Waals surface area contributed by atoms with Crippen LogP contribution in [-0.2, 0) is 6.42 Å². The third-order valence-corrected chi connectivity index (χ3v) is 3.15. The molecule has 0 aromatic heterocycles. The van der Waals surface area contributed by atoms with Crippen molar-refractivity contribution in [2.45, 2.75) is 6.42 Å². The normalized spacial score (nSPS) is 13.0. The topological polar surface area (TPSA) is 53.7 Å². The molecule has 1 aliphatic heterocycles. The van der Waals surface area contributed by atoms with Gasteiger partial charge in [0.1, 0.15) is 19.0 Å². The number of fused-ring (bicyclic) bond motifs is 1. The maximum atomic E-state index is 5.68. The fourth-order valence-corrected chi connectivity index (χ4v) is 2.09. The number of nitrogens with two attached hydrogens (primary N) is 1. The van der Waals surface area contributed by atoms with Crippen molar-refractivity contribution in [3.63, 3.8) is 0 Å². The van der Waals surface area contributed by atoms with E-state index < -0.39 is 0 Å². The van der Waals surface area contributed by atoms with Crippen molar-refractivity contribution in [3.8, 4) is 17.2 Å². The Bertz CT molecular complexity index is 581. The van der Waals surface area contributed by atoms with Crippen LogP contribution in [0.1, 0.15) is 5.56 Å². The molecule has 0 fully saturated rings. The molecule has 0 aliphatic carbocycles. The smallest absolute Gasteiger partial charge is 0.161 e. The number of nitrogen functional groups attached to an aromatic ring is 1. The SMILES string of the molecule is Nc1ccc(OCCc2ccc3c(c2)OCCO3)cc1. The van der Waals surface area contributed by atoms with Crippen molar-refractivity contribution < 1.29 is 14.2 Å². The number of hydrogen-bond donors (Lipinski definition) is 1. The summed E-state index contributed by atoms with van der Waals surface area (Å²) in [6, 6.07) is 13.4. The Morgan fingerprint density at radius 2 is 1.70 bits per heavy atom. The number of anilines is 1. The summed E-state index contributed by atoms with van der Waals surface area (Å²) < 4.78 is 16.7. The molecule has 4 nitrogen and oxygen atoms in total. The van der Waals surface area contributed by atoms with Crippen LogP contribution in [0.2, 0.25) is 0 Å². The first-order valence-corrected chi connectivity index (χ1v) is 6.68. The first kappa shape index (κ1) is 12.7. The highest BCUT2D eigenvalue weighted by Gasteiger charge is 2.11. The molecule has 2 aromatic rings. The first-order valence-electron chi connectivity index (χ1n) is 6.68. The number of benzene rings is 2. The molecule has 0 saturated carbocycles. The van der Waals surface area contributed by atoms with Gasteiger partial charge in [0.05, 0.1) is 6.61 Å². The lowest BCUT2D eigenvalue weighted by molar-refractivity contribution is 0.171. The highest BCUT2D eigenvalue weighted by Crippen LogP contribution is 2.30. The van der Waals surface area contributed by atoms with E-state index in [4.69, 9.17) is 19.9 Å². The predicted molar refractivity (Wildman–Crippen MR) is 77.5 cm³/mol. The van der Waals surface area contributed by atoms with Gasteiger partial charge in [-0.15, -0.1) is 0 Å². The highest BCUT2D eigenvalue weighted by molar-refractivity contribution is 5.44. The van der Waals surface area contributed by atoms with E-state index in [2.05, 4.69) is 0 Å². The van der Waals surface area contributed by atoms with Gasteiger partial charge in [0.2, 0.25) is 0 Å². The van der Waals surface area contributed by atoms with E-state index in [0.29, 0.717) is 19.8 Å². The molecule has 0 saturated heterocycles. The summed E-state index contributed by atoms with van der Waals surface area (Å²) in [4.78, 5) is 0. The van der Waals surface area contributed by atoms with Crippen molar-refractivity contribution in [3.05, 3.63) is 48.0 Å². The Morgan fingerprint density at radius 3 is 2.50 bits per heavy atom. The van der Waals surface area contributed by atoms with Crippen LogP contribution in [-0.4, -0.2) is 19.8 Å². The van der Waals surface area contributed by atoms with Crippen LogP contribution in [0, 0.1) is 0 Å². The predicted octanol–water partition coefficient (Wildman–Crippen LogP) is 2.66. The zero-order valence-corrected chi connectivity index (χ0v) is 11.2. The average molecular weight is 271 g/mol. The maximum Gasteiger partial charge on any atom is 0.161 e. The van der Waals surface area contributed by atoms with Gasteiger partial charge in [0.25, 0.3) is 0 Å². The zero-order chi connectivity index (χ0) is 13.8. The molecule has 0 radical (unpaired) electrons. The standard InChI is InChI=1S/C16H17NO3/c17-13-2-4-14(5-3-13)18-8-7-12-1-6-15-16(11-12)20-10-9-19-15/h1-6,11H,7-10,17H2. The molecule has 20 heavy (non-hydrogen) atoms. The van der Waals surface area contributed by atoms with Crippen molar-refractivity contribution >= 4 is 5.69 Å². The van der Waals surface area contributed by atoms with Crippen molar-refractivity contribution in [2.75, 3.05) is 25.6 Å². The zero-order valence-electron chi connectivity index (χ0n) is 11.2. The molecule has 0 atom stereocenters. The third-order valence-electron chi connectivity index (χ3n) is 3.15. The summed E-state index contributed by atoms with van der Waals surface area (Å²) in [5, 5.41) is 0. The minimum absolute atomic E-state index is 0.610. The van der Waals surface area contributed by atoms with Gasteiger partial charge in [-0.2, -0.15) is 0 Å². The molecular weight excluding hydrogens is 254 g/mol. The van der Waals surface area contributed by atoms with Crippen LogP contribution in [0.25, 0.3) is 0 Å². The monoisotopic (exact) mass is 271 g/mol. The fraction of sp³-hybridized carbons (Fsp3) is 0.250. The van der Waals surface area contributed by atoms with Crippen LogP contribution < -0.4 is 19.9 Å². The van der Waals surface area contributed by atoms with Gasteiger partial charge in [-0.1, -0.05) is 6.07 Å². The summed E-state index contributed by atoms with van der Waals surface area (Å²) in [6.45, 7) is 1.84. The van der Waals surface area contributed by atoms with E-state index in [1.807, 2.05) is 42.5 Å². The molecule has 1 aliphatic rings. The summed E-state index contributed by atoms with van der Waals surface area (Å²) in [6.07, 6.45) is 0.820. The van der Waals surface area contributed by atoms with Crippen LogP contribution in [0.3, 0.4) is 0 Å². The van der Waals surface area contributed by atoms with E-state index in [0.717, 1.165) is 29.4 Å². The summed E-state index contributed by atoms with van der Waals surface area (Å²) in [5.41, 5.74) is 7.54. The van der Waals surface area contributed by atoms with Gasteiger partial charge in [0, 0.05) is 12.1 Å². The summed E-state index contributed by atoms with van der Waals surface area (Å²) in [7, 11) is 0. The minimum atomic E-state index is 0.610. The molecule has 2 N–H and O–H groups in total. The van der Waals surface area contributed by atoms with Gasteiger partial charge >= 0.3 is 0 Å². The Kier molecular flexibility index (Phi) is 3.63. The lowest BCUT2D eigenvalue weighted by Gasteiger charge is -2.18. The van der Waals surface area contributed by atoms with E-state index in [1.165, 1.54) is 5.56 Å². The van der Waals surface area contributed by atoms with Crippen molar-refractivity contribution in [2.24, 2.45) is 0 Å².